The zero-order valence-electron chi connectivity index (χ0n) is 11.6. The summed E-state index contributed by atoms with van der Waals surface area (Å²) in [5.41, 5.74) is 3.28. The predicted molar refractivity (Wildman–Crippen MR) is 81.9 cm³/mol. The number of amides is 1. The smallest absolute Gasteiger partial charge is 0.229 e. The molecule has 1 aromatic carbocycles. The molecule has 1 aromatic heterocycles. The summed E-state index contributed by atoms with van der Waals surface area (Å²) in [4.78, 5) is 13.2. The van der Waals surface area contributed by atoms with Crippen LogP contribution in [0.3, 0.4) is 0 Å². The minimum absolute atomic E-state index is 0.0543. The van der Waals surface area contributed by atoms with E-state index in [0.717, 1.165) is 16.1 Å². The molecular weight excluding hydrogens is 254 g/mol. The Morgan fingerprint density at radius 1 is 1.26 bits per heavy atom. The van der Waals surface area contributed by atoms with Gasteiger partial charge in [-0.15, -0.1) is 11.3 Å². The Hall–Kier alpha value is -1.61. The number of thiophene rings is 1. The number of rotatable bonds is 4. The number of carbonyl (C=O) groups excluding carboxylic acids is 1. The highest BCUT2D eigenvalue weighted by Gasteiger charge is 2.12. The molecule has 1 amide bonds. The Morgan fingerprint density at radius 3 is 2.68 bits per heavy atom. The standard InChI is InChI=1S/C16H19NOS/c1-11(2)14-8-4-6-12(3)16(14)17-15(18)10-13-7-5-9-19-13/h4-9,11H,10H2,1-3H3,(H,17,18). The van der Waals surface area contributed by atoms with E-state index in [-0.39, 0.29) is 5.91 Å². The summed E-state index contributed by atoms with van der Waals surface area (Å²) >= 11 is 1.62. The summed E-state index contributed by atoms with van der Waals surface area (Å²) in [6.45, 7) is 6.32. The van der Waals surface area contributed by atoms with E-state index in [1.54, 1.807) is 11.3 Å². The minimum Gasteiger partial charge on any atom is -0.325 e. The van der Waals surface area contributed by atoms with Gasteiger partial charge in [0.15, 0.2) is 0 Å². The minimum atomic E-state index is 0.0543. The first-order valence-electron chi connectivity index (χ1n) is 6.49. The van der Waals surface area contributed by atoms with Gasteiger partial charge in [-0.05, 0) is 35.4 Å². The van der Waals surface area contributed by atoms with Crippen LogP contribution in [0.15, 0.2) is 35.7 Å². The quantitative estimate of drug-likeness (QED) is 0.881. The molecule has 2 nitrogen and oxygen atoms in total. The fraction of sp³-hybridized carbons (Fsp3) is 0.312. The lowest BCUT2D eigenvalue weighted by molar-refractivity contribution is -0.115. The summed E-state index contributed by atoms with van der Waals surface area (Å²) in [6, 6.07) is 10.1. The Labute approximate surface area is 118 Å². The third-order valence-electron chi connectivity index (χ3n) is 3.11. The van der Waals surface area contributed by atoms with Crippen molar-refractivity contribution < 1.29 is 4.79 Å². The van der Waals surface area contributed by atoms with Crippen LogP contribution in [0.5, 0.6) is 0 Å². The topological polar surface area (TPSA) is 29.1 Å². The molecule has 1 heterocycles. The van der Waals surface area contributed by atoms with Crippen LogP contribution in [-0.4, -0.2) is 5.91 Å². The molecule has 0 aliphatic carbocycles. The van der Waals surface area contributed by atoms with Crippen molar-refractivity contribution >= 4 is 22.9 Å². The first kappa shape index (κ1) is 13.8. The molecule has 0 fully saturated rings. The van der Waals surface area contributed by atoms with Crippen LogP contribution < -0.4 is 5.32 Å². The maximum atomic E-state index is 12.1. The highest BCUT2D eigenvalue weighted by atomic mass is 32.1. The SMILES string of the molecule is Cc1cccc(C(C)C)c1NC(=O)Cc1cccs1. The summed E-state index contributed by atoms with van der Waals surface area (Å²) in [5.74, 6) is 0.454. The molecule has 3 heteroatoms. The van der Waals surface area contributed by atoms with Gasteiger partial charge in [-0.1, -0.05) is 38.1 Å². The summed E-state index contributed by atoms with van der Waals surface area (Å²) < 4.78 is 0. The summed E-state index contributed by atoms with van der Waals surface area (Å²) in [5, 5.41) is 5.06. The van der Waals surface area contributed by atoms with E-state index in [9.17, 15) is 4.79 Å². The van der Waals surface area contributed by atoms with Gasteiger partial charge >= 0.3 is 0 Å². The van der Waals surface area contributed by atoms with Gasteiger partial charge in [0.05, 0.1) is 6.42 Å². The van der Waals surface area contributed by atoms with Crippen LogP contribution in [0.4, 0.5) is 5.69 Å². The Morgan fingerprint density at radius 2 is 2.05 bits per heavy atom. The van der Waals surface area contributed by atoms with Gasteiger partial charge in [0.25, 0.3) is 0 Å². The lowest BCUT2D eigenvalue weighted by Crippen LogP contribution is -2.16. The average molecular weight is 273 g/mol. The van der Waals surface area contributed by atoms with Crippen LogP contribution in [0.25, 0.3) is 0 Å². The molecule has 19 heavy (non-hydrogen) atoms. The Bertz CT molecular complexity index is 558. The van der Waals surface area contributed by atoms with Crippen molar-refractivity contribution in [3.8, 4) is 0 Å². The monoisotopic (exact) mass is 273 g/mol. The fourth-order valence-electron chi connectivity index (χ4n) is 2.10. The van der Waals surface area contributed by atoms with E-state index >= 15 is 0 Å². The second-order valence-corrected chi connectivity index (χ2v) is 6.03. The van der Waals surface area contributed by atoms with Crippen LogP contribution in [0.1, 0.15) is 35.8 Å². The van der Waals surface area contributed by atoms with E-state index < -0.39 is 0 Å². The zero-order valence-corrected chi connectivity index (χ0v) is 12.4. The molecule has 0 bridgehead atoms. The number of hydrogen-bond donors (Lipinski definition) is 1. The van der Waals surface area contributed by atoms with Crippen LogP contribution in [0, 0.1) is 6.92 Å². The number of para-hydroxylation sites is 1. The average Bonchev–Trinajstić information content (AvgIpc) is 2.84. The maximum absolute atomic E-state index is 12.1. The molecule has 0 saturated heterocycles. The van der Waals surface area contributed by atoms with Gasteiger partial charge in [0.2, 0.25) is 5.91 Å². The second-order valence-electron chi connectivity index (χ2n) is 5.00. The van der Waals surface area contributed by atoms with Crippen LogP contribution in [0.2, 0.25) is 0 Å². The van der Waals surface area contributed by atoms with Crippen molar-refractivity contribution in [3.63, 3.8) is 0 Å². The summed E-state index contributed by atoms with van der Waals surface area (Å²) in [6.07, 6.45) is 0.448. The van der Waals surface area contributed by atoms with Crippen molar-refractivity contribution in [2.24, 2.45) is 0 Å². The van der Waals surface area contributed by atoms with E-state index in [4.69, 9.17) is 0 Å². The van der Waals surface area contributed by atoms with E-state index in [0.29, 0.717) is 12.3 Å². The highest BCUT2D eigenvalue weighted by molar-refractivity contribution is 7.10. The van der Waals surface area contributed by atoms with E-state index in [2.05, 4.69) is 25.2 Å². The normalized spacial score (nSPS) is 10.7. The van der Waals surface area contributed by atoms with Gasteiger partial charge in [-0.3, -0.25) is 4.79 Å². The first-order chi connectivity index (χ1) is 9.08. The molecule has 2 aromatic rings. The molecule has 1 N–H and O–H groups in total. The third-order valence-corrected chi connectivity index (χ3v) is 3.98. The van der Waals surface area contributed by atoms with Crippen LogP contribution in [-0.2, 0) is 11.2 Å². The number of nitrogens with one attached hydrogen (secondary N) is 1. The molecule has 0 unspecified atom stereocenters. The number of anilines is 1. The molecule has 0 saturated carbocycles. The molecule has 100 valence electrons. The van der Waals surface area contributed by atoms with Crippen molar-refractivity contribution in [1.82, 2.24) is 0 Å². The zero-order chi connectivity index (χ0) is 13.8. The second kappa shape index (κ2) is 6.02. The lowest BCUT2D eigenvalue weighted by Gasteiger charge is -2.16. The lowest BCUT2D eigenvalue weighted by atomic mass is 9.98. The van der Waals surface area contributed by atoms with Crippen molar-refractivity contribution in [1.29, 1.82) is 0 Å². The number of aryl methyl sites for hydroxylation is 1. The van der Waals surface area contributed by atoms with Gasteiger partial charge in [0.1, 0.15) is 0 Å². The van der Waals surface area contributed by atoms with E-state index in [1.165, 1.54) is 5.56 Å². The number of benzene rings is 1. The number of carbonyl (C=O) groups is 1. The van der Waals surface area contributed by atoms with Crippen molar-refractivity contribution in [2.45, 2.75) is 33.1 Å². The molecule has 0 radical (unpaired) electrons. The maximum Gasteiger partial charge on any atom is 0.229 e. The first-order valence-corrected chi connectivity index (χ1v) is 7.37. The van der Waals surface area contributed by atoms with E-state index in [1.807, 2.05) is 36.6 Å². The van der Waals surface area contributed by atoms with Gasteiger partial charge < -0.3 is 5.32 Å². The Balaban J connectivity index is 2.16. The molecule has 2 rings (SSSR count). The molecular formula is C16H19NOS. The predicted octanol–water partition coefficient (Wildman–Crippen LogP) is 4.36. The highest BCUT2D eigenvalue weighted by Crippen LogP contribution is 2.27. The Kier molecular flexibility index (Phi) is 4.38. The molecule has 0 atom stereocenters. The molecule has 0 aliphatic rings. The molecule has 0 spiro atoms. The van der Waals surface area contributed by atoms with Crippen LogP contribution >= 0.6 is 11.3 Å². The van der Waals surface area contributed by atoms with Gasteiger partial charge in [0, 0.05) is 10.6 Å². The summed E-state index contributed by atoms with van der Waals surface area (Å²) in [7, 11) is 0. The number of hydrogen-bond acceptors (Lipinski definition) is 2. The van der Waals surface area contributed by atoms with Crippen molar-refractivity contribution in [3.05, 3.63) is 51.7 Å². The van der Waals surface area contributed by atoms with Gasteiger partial charge in [-0.2, -0.15) is 0 Å². The largest absolute Gasteiger partial charge is 0.325 e. The molecule has 0 aliphatic heterocycles. The fourth-order valence-corrected chi connectivity index (χ4v) is 2.80. The van der Waals surface area contributed by atoms with Gasteiger partial charge in [-0.25, -0.2) is 0 Å². The third kappa shape index (κ3) is 3.44. The van der Waals surface area contributed by atoms with Crippen molar-refractivity contribution in [2.75, 3.05) is 5.32 Å².